The molecular formula is C24H20FN9O2. The summed E-state index contributed by atoms with van der Waals surface area (Å²) in [6, 6.07) is 8.04. The van der Waals surface area contributed by atoms with Crippen LogP contribution >= 0.6 is 0 Å². The number of hydrogen-bond donors (Lipinski definition) is 4. The molecule has 0 spiro atoms. The van der Waals surface area contributed by atoms with E-state index in [1.54, 1.807) is 29.2 Å². The molecule has 1 aromatic carbocycles. The van der Waals surface area contributed by atoms with E-state index in [1.807, 2.05) is 12.1 Å². The van der Waals surface area contributed by atoms with E-state index < -0.39 is 11.9 Å². The third kappa shape index (κ3) is 4.31. The molecule has 1 aliphatic carbocycles. The Bertz CT molecular complexity index is 1530. The maximum Gasteiger partial charge on any atom is 0.326 e. The van der Waals surface area contributed by atoms with Gasteiger partial charge in [0.15, 0.2) is 5.65 Å². The molecule has 0 bridgehead atoms. The van der Waals surface area contributed by atoms with E-state index in [-0.39, 0.29) is 18.1 Å². The molecule has 2 fully saturated rings. The van der Waals surface area contributed by atoms with Gasteiger partial charge in [0.2, 0.25) is 11.9 Å². The molecular weight excluding hydrogens is 465 g/mol. The molecule has 1 saturated heterocycles. The second-order valence-corrected chi connectivity index (χ2v) is 8.49. The average Bonchev–Trinajstić information content (AvgIpc) is 3.51. The molecule has 12 heteroatoms. The van der Waals surface area contributed by atoms with Crippen molar-refractivity contribution in [1.29, 1.82) is 0 Å². The molecule has 1 aliphatic heterocycles. The molecule has 0 unspecified atom stereocenters. The van der Waals surface area contributed by atoms with Crippen LogP contribution in [0.3, 0.4) is 0 Å². The Kier molecular flexibility index (Phi) is 5.25. The first-order chi connectivity index (χ1) is 17.5. The third-order valence-corrected chi connectivity index (χ3v) is 5.80. The Balaban J connectivity index is 1.35. The number of rotatable bonds is 7. The highest BCUT2D eigenvalue weighted by Crippen LogP contribution is 2.27. The molecule has 4 aromatic rings. The lowest BCUT2D eigenvalue weighted by atomic mass is 10.0. The standard InChI is InChI=1S/C24H20FN9O2/c25-16-3-6-18(13-2-1-7-26-10-13)14(8-16)11-27-22-31-20-15(9-19-21(35)32-24(36)30-19)12-28-34(20)23(33-22)29-17-4-5-17/h1-3,6-10,12,17H,4-5,11H2,(H2,27,29,31,33)(H2,30,32,35,36)/b19-9-. The van der Waals surface area contributed by atoms with E-state index in [0.717, 1.165) is 24.0 Å². The van der Waals surface area contributed by atoms with Crippen molar-refractivity contribution in [3.05, 3.63) is 71.6 Å². The number of urea groups is 1. The largest absolute Gasteiger partial charge is 0.351 e. The van der Waals surface area contributed by atoms with Gasteiger partial charge in [0, 0.05) is 36.1 Å². The Hall–Kier alpha value is -4.87. The molecule has 180 valence electrons. The Labute approximate surface area is 203 Å². The minimum absolute atomic E-state index is 0.0978. The van der Waals surface area contributed by atoms with Gasteiger partial charge in [-0.25, -0.2) is 9.18 Å². The zero-order valence-electron chi connectivity index (χ0n) is 18.8. The summed E-state index contributed by atoms with van der Waals surface area (Å²) >= 11 is 0. The van der Waals surface area contributed by atoms with Crippen molar-refractivity contribution in [1.82, 2.24) is 35.2 Å². The summed E-state index contributed by atoms with van der Waals surface area (Å²) in [7, 11) is 0. The predicted molar refractivity (Wildman–Crippen MR) is 129 cm³/mol. The molecule has 6 rings (SSSR count). The SMILES string of the molecule is O=C1NC(=O)/C(=C/c2cnn3c(NC4CC4)nc(NCc4cc(F)ccc4-c4cccnc4)nc23)N1. The smallest absolute Gasteiger partial charge is 0.326 e. The second kappa shape index (κ2) is 8.73. The minimum atomic E-state index is -0.588. The zero-order valence-corrected chi connectivity index (χ0v) is 18.8. The molecule has 2 aliphatic rings. The van der Waals surface area contributed by atoms with Gasteiger partial charge in [-0.3, -0.25) is 15.1 Å². The van der Waals surface area contributed by atoms with E-state index in [0.29, 0.717) is 34.7 Å². The summed E-state index contributed by atoms with van der Waals surface area (Å²) in [5.41, 5.74) is 3.47. The van der Waals surface area contributed by atoms with Gasteiger partial charge >= 0.3 is 6.03 Å². The topological polar surface area (TPSA) is 138 Å². The van der Waals surface area contributed by atoms with Crippen molar-refractivity contribution in [2.45, 2.75) is 25.4 Å². The van der Waals surface area contributed by atoms with E-state index in [9.17, 15) is 14.0 Å². The van der Waals surface area contributed by atoms with E-state index in [2.05, 4.69) is 41.3 Å². The lowest BCUT2D eigenvalue weighted by molar-refractivity contribution is -0.115. The number of amides is 3. The Morgan fingerprint density at radius 3 is 2.78 bits per heavy atom. The van der Waals surface area contributed by atoms with Gasteiger partial charge in [0.05, 0.1) is 6.20 Å². The number of benzene rings is 1. The molecule has 4 heterocycles. The first-order valence-corrected chi connectivity index (χ1v) is 11.3. The normalized spacial score (nSPS) is 16.3. The minimum Gasteiger partial charge on any atom is -0.351 e. The van der Waals surface area contributed by atoms with Crippen LogP contribution in [0.1, 0.15) is 24.0 Å². The lowest BCUT2D eigenvalue weighted by Crippen LogP contribution is -2.22. The lowest BCUT2D eigenvalue weighted by Gasteiger charge is -2.13. The molecule has 11 nitrogen and oxygen atoms in total. The first-order valence-electron chi connectivity index (χ1n) is 11.3. The van der Waals surface area contributed by atoms with Crippen LogP contribution in [0.2, 0.25) is 0 Å². The van der Waals surface area contributed by atoms with Gasteiger partial charge in [-0.15, -0.1) is 0 Å². The van der Waals surface area contributed by atoms with Crippen LogP contribution in [-0.2, 0) is 11.3 Å². The number of aromatic nitrogens is 5. The summed E-state index contributed by atoms with van der Waals surface area (Å²) in [5, 5.41) is 15.5. The number of carbonyl (C=O) groups is 2. The number of nitrogens with one attached hydrogen (secondary N) is 4. The Morgan fingerprint density at radius 1 is 1.14 bits per heavy atom. The third-order valence-electron chi connectivity index (χ3n) is 5.80. The summed E-state index contributed by atoms with van der Waals surface area (Å²) < 4.78 is 15.7. The molecule has 0 atom stereocenters. The van der Waals surface area contributed by atoms with Gasteiger partial charge < -0.3 is 16.0 Å². The summed E-state index contributed by atoms with van der Waals surface area (Å²) in [6.07, 6.45) is 8.51. The van der Waals surface area contributed by atoms with Gasteiger partial charge in [0.1, 0.15) is 11.5 Å². The van der Waals surface area contributed by atoms with Gasteiger partial charge in [-0.05, 0) is 48.2 Å². The van der Waals surface area contributed by atoms with Crippen LogP contribution < -0.4 is 21.3 Å². The van der Waals surface area contributed by atoms with Crippen LogP contribution in [-0.4, -0.2) is 42.5 Å². The maximum absolute atomic E-state index is 14.1. The number of imide groups is 1. The van der Waals surface area contributed by atoms with Crippen LogP contribution in [0.4, 0.5) is 21.1 Å². The fraction of sp³-hybridized carbons (Fsp3) is 0.167. The van der Waals surface area contributed by atoms with Crippen LogP contribution in [0.5, 0.6) is 0 Å². The molecule has 36 heavy (non-hydrogen) atoms. The quantitative estimate of drug-likeness (QED) is 0.232. The van der Waals surface area contributed by atoms with E-state index in [1.165, 1.54) is 18.2 Å². The number of fused-ring (bicyclic) bond motifs is 1. The molecule has 3 aromatic heterocycles. The fourth-order valence-electron chi connectivity index (χ4n) is 3.90. The second-order valence-electron chi connectivity index (χ2n) is 8.49. The fourth-order valence-corrected chi connectivity index (χ4v) is 3.90. The first kappa shape index (κ1) is 21.6. The van der Waals surface area contributed by atoms with Gasteiger partial charge in [0.25, 0.3) is 5.91 Å². The van der Waals surface area contributed by atoms with Crippen molar-refractivity contribution in [2.75, 3.05) is 10.6 Å². The molecule has 1 saturated carbocycles. The zero-order chi connectivity index (χ0) is 24.6. The van der Waals surface area contributed by atoms with Crippen LogP contribution in [0, 0.1) is 5.82 Å². The summed E-state index contributed by atoms with van der Waals surface area (Å²) in [4.78, 5) is 36.8. The van der Waals surface area contributed by atoms with Crippen molar-refractivity contribution in [2.24, 2.45) is 0 Å². The maximum atomic E-state index is 14.1. The number of halogens is 1. The van der Waals surface area contributed by atoms with Crippen LogP contribution in [0.25, 0.3) is 22.9 Å². The molecule has 3 amide bonds. The molecule has 0 radical (unpaired) electrons. The van der Waals surface area contributed by atoms with E-state index in [4.69, 9.17) is 0 Å². The number of nitrogens with zero attached hydrogens (tertiary/aromatic N) is 5. The Morgan fingerprint density at radius 2 is 2.03 bits per heavy atom. The van der Waals surface area contributed by atoms with Crippen molar-refractivity contribution in [3.8, 4) is 11.1 Å². The van der Waals surface area contributed by atoms with Gasteiger partial charge in [-0.2, -0.15) is 19.6 Å². The number of pyridine rings is 1. The number of anilines is 2. The average molecular weight is 485 g/mol. The summed E-state index contributed by atoms with van der Waals surface area (Å²) in [5.74, 6) is -0.0981. The van der Waals surface area contributed by atoms with Crippen molar-refractivity contribution >= 4 is 35.6 Å². The van der Waals surface area contributed by atoms with Crippen LogP contribution in [0.15, 0.2) is 54.6 Å². The van der Waals surface area contributed by atoms with E-state index >= 15 is 0 Å². The predicted octanol–water partition coefficient (Wildman–Crippen LogP) is 2.69. The van der Waals surface area contributed by atoms with Crippen molar-refractivity contribution < 1.29 is 14.0 Å². The summed E-state index contributed by atoms with van der Waals surface area (Å²) in [6.45, 7) is 0.254. The van der Waals surface area contributed by atoms with Gasteiger partial charge in [-0.1, -0.05) is 12.1 Å². The highest BCUT2D eigenvalue weighted by Gasteiger charge is 2.26. The highest BCUT2D eigenvalue weighted by molar-refractivity contribution is 6.14. The number of hydrogen-bond acceptors (Lipinski definition) is 8. The number of carbonyl (C=O) groups excluding carboxylic acids is 2. The van der Waals surface area contributed by atoms with Crippen molar-refractivity contribution in [3.63, 3.8) is 0 Å². The molecule has 4 N–H and O–H groups in total. The highest BCUT2D eigenvalue weighted by atomic mass is 19.1. The monoisotopic (exact) mass is 485 g/mol.